The van der Waals surface area contributed by atoms with Crippen molar-refractivity contribution in [2.45, 2.75) is 6.42 Å². The van der Waals surface area contributed by atoms with Gasteiger partial charge in [-0.15, -0.1) is 0 Å². The Hall–Kier alpha value is -1.50. The standard InChI is InChI=1S/C11H10O/c12-8-10-6-3-5-9-4-1-2-7-11(9)10/h1-5,7-8,12H,6H2/b10-8+. The second kappa shape index (κ2) is 2.86. The van der Waals surface area contributed by atoms with Gasteiger partial charge >= 0.3 is 0 Å². The number of allylic oxidation sites excluding steroid dienone is 2. The zero-order chi connectivity index (χ0) is 8.39. The van der Waals surface area contributed by atoms with Gasteiger partial charge < -0.3 is 5.11 Å². The van der Waals surface area contributed by atoms with Crippen LogP contribution >= 0.6 is 0 Å². The first kappa shape index (κ1) is 7.17. The Kier molecular flexibility index (Phi) is 1.71. The number of benzene rings is 1. The van der Waals surface area contributed by atoms with Crippen molar-refractivity contribution in [1.82, 2.24) is 0 Å². The van der Waals surface area contributed by atoms with Crippen LogP contribution in [-0.2, 0) is 0 Å². The van der Waals surface area contributed by atoms with Crippen molar-refractivity contribution in [3.8, 4) is 0 Å². The first-order valence-corrected chi connectivity index (χ1v) is 4.01. The summed E-state index contributed by atoms with van der Waals surface area (Å²) in [7, 11) is 0. The van der Waals surface area contributed by atoms with Crippen LogP contribution in [0.3, 0.4) is 0 Å². The average molecular weight is 158 g/mol. The van der Waals surface area contributed by atoms with Crippen molar-refractivity contribution in [2.75, 3.05) is 0 Å². The minimum Gasteiger partial charge on any atom is -0.515 e. The minimum atomic E-state index is 0.827. The highest BCUT2D eigenvalue weighted by Gasteiger charge is 2.07. The number of hydrogen-bond donors (Lipinski definition) is 1. The summed E-state index contributed by atoms with van der Waals surface area (Å²) in [4.78, 5) is 0. The Morgan fingerprint density at radius 2 is 2.08 bits per heavy atom. The van der Waals surface area contributed by atoms with E-state index < -0.39 is 0 Å². The fourth-order valence-electron chi connectivity index (χ4n) is 1.48. The van der Waals surface area contributed by atoms with E-state index in [1.165, 1.54) is 11.8 Å². The Balaban J connectivity index is 2.60. The van der Waals surface area contributed by atoms with Crippen LogP contribution < -0.4 is 0 Å². The zero-order valence-electron chi connectivity index (χ0n) is 6.70. The zero-order valence-corrected chi connectivity index (χ0v) is 6.70. The van der Waals surface area contributed by atoms with Crippen molar-refractivity contribution in [3.63, 3.8) is 0 Å². The lowest BCUT2D eigenvalue weighted by molar-refractivity contribution is 0.474. The van der Waals surface area contributed by atoms with Crippen LogP contribution in [0.1, 0.15) is 17.5 Å². The van der Waals surface area contributed by atoms with Gasteiger partial charge in [-0.2, -0.15) is 0 Å². The lowest BCUT2D eigenvalue weighted by Gasteiger charge is -2.11. The van der Waals surface area contributed by atoms with E-state index in [1.807, 2.05) is 18.2 Å². The summed E-state index contributed by atoms with van der Waals surface area (Å²) in [5, 5.41) is 8.94. The van der Waals surface area contributed by atoms with Crippen molar-refractivity contribution < 1.29 is 5.11 Å². The lowest BCUT2D eigenvalue weighted by Crippen LogP contribution is -1.92. The monoisotopic (exact) mass is 158 g/mol. The third-order valence-electron chi connectivity index (χ3n) is 2.10. The smallest absolute Gasteiger partial charge is 0.0833 e. The summed E-state index contributed by atoms with van der Waals surface area (Å²) in [5.74, 6) is 0. The molecule has 1 N–H and O–H groups in total. The predicted octanol–water partition coefficient (Wildman–Crippen LogP) is 3.00. The van der Waals surface area contributed by atoms with Gasteiger partial charge in [-0.25, -0.2) is 0 Å². The summed E-state index contributed by atoms with van der Waals surface area (Å²) in [6.07, 6.45) is 6.17. The van der Waals surface area contributed by atoms with E-state index in [0.717, 1.165) is 17.6 Å². The van der Waals surface area contributed by atoms with E-state index in [2.05, 4.69) is 18.2 Å². The number of aliphatic hydroxyl groups is 1. The van der Waals surface area contributed by atoms with Crippen LogP contribution in [0.25, 0.3) is 11.6 Å². The highest BCUT2D eigenvalue weighted by atomic mass is 16.2. The van der Waals surface area contributed by atoms with Gasteiger partial charge in [-0.3, -0.25) is 0 Å². The average Bonchev–Trinajstić information content (AvgIpc) is 2.17. The van der Waals surface area contributed by atoms with E-state index >= 15 is 0 Å². The van der Waals surface area contributed by atoms with Crippen molar-refractivity contribution >= 4 is 11.6 Å². The number of aliphatic hydroxyl groups excluding tert-OH is 1. The fraction of sp³-hybridized carbons (Fsp3) is 0.0909. The van der Waals surface area contributed by atoms with Crippen LogP contribution in [0.15, 0.2) is 36.6 Å². The second-order valence-electron chi connectivity index (χ2n) is 2.85. The summed E-state index contributed by atoms with van der Waals surface area (Å²) < 4.78 is 0. The van der Waals surface area contributed by atoms with Crippen molar-refractivity contribution in [3.05, 3.63) is 47.7 Å². The van der Waals surface area contributed by atoms with Gasteiger partial charge in [-0.05, 0) is 23.1 Å². The Bertz CT molecular complexity index is 348. The van der Waals surface area contributed by atoms with Gasteiger partial charge in [0, 0.05) is 0 Å². The number of fused-ring (bicyclic) bond motifs is 1. The van der Waals surface area contributed by atoms with Crippen LogP contribution in [-0.4, -0.2) is 5.11 Å². The molecule has 0 aromatic heterocycles. The summed E-state index contributed by atoms with van der Waals surface area (Å²) in [5.41, 5.74) is 3.32. The fourth-order valence-corrected chi connectivity index (χ4v) is 1.48. The van der Waals surface area contributed by atoms with Crippen LogP contribution in [0.4, 0.5) is 0 Å². The molecule has 1 aromatic carbocycles. The number of rotatable bonds is 0. The molecule has 0 fully saturated rings. The molecule has 0 unspecified atom stereocenters. The molecule has 0 aliphatic heterocycles. The molecule has 0 atom stereocenters. The molecule has 0 radical (unpaired) electrons. The van der Waals surface area contributed by atoms with E-state index in [-0.39, 0.29) is 0 Å². The van der Waals surface area contributed by atoms with E-state index in [1.54, 1.807) is 0 Å². The lowest BCUT2D eigenvalue weighted by atomic mass is 9.93. The normalized spacial score (nSPS) is 17.8. The van der Waals surface area contributed by atoms with Crippen molar-refractivity contribution in [2.24, 2.45) is 0 Å². The highest BCUT2D eigenvalue weighted by Crippen LogP contribution is 2.27. The SMILES string of the molecule is O/C=C1\CC=Cc2ccccc21. The molecule has 0 saturated carbocycles. The third kappa shape index (κ3) is 1.03. The molecule has 1 heteroatoms. The number of hydrogen-bond acceptors (Lipinski definition) is 1. The van der Waals surface area contributed by atoms with Crippen molar-refractivity contribution in [1.29, 1.82) is 0 Å². The summed E-state index contributed by atoms with van der Waals surface area (Å²) in [6.45, 7) is 0. The molecule has 60 valence electrons. The van der Waals surface area contributed by atoms with Gasteiger partial charge in [0.15, 0.2) is 0 Å². The van der Waals surface area contributed by atoms with Crippen LogP contribution in [0.5, 0.6) is 0 Å². The maximum Gasteiger partial charge on any atom is 0.0833 e. The van der Waals surface area contributed by atoms with Gasteiger partial charge in [0.2, 0.25) is 0 Å². The third-order valence-corrected chi connectivity index (χ3v) is 2.10. The molecular weight excluding hydrogens is 148 g/mol. The second-order valence-corrected chi connectivity index (χ2v) is 2.85. The maximum atomic E-state index is 8.94. The van der Waals surface area contributed by atoms with Crippen LogP contribution in [0.2, 0.25) is 0 Å². The largest absolute Gasteiger partial charge is 0.515 e. The molecule has 0 spiro atoms. The molecule has 0 amide bonds. The molecule has 0 heterocycles. The topological polar surface area (TPSA) is 20.2 Å². The molecule has 0 bridgehead atoms. The highest BCUT2D eigenvalue weighted by molar-refractivity contribution is 5.78. The Morgan fingerprint density at radius 3 is 2.92 bits per heavy atom. The van der Waals surface area contributed by atoms with E-state index in [0.29, 0.717) is 0 Å². The molecule has 1 aromatic rings. The van der Waals surface area contributed by atoms with Gasteiger partial charge in [0.25, 0.3) is 0 Å². The molecule has 1 nitrogen and oxygen atoms in total. The predicted molar refractivity (Wildman–Crippen MR) is 50.7 cm³/mol. The van der Waals surface area contributed by atoms with Gasteiger partial charge in [0.1, 0.15) is 0 Å². The molecule has 1 aliphatic carbocycles. The first-order valence-electron chi connectivity index (χ1n) is 4.01. The van der Waals surface area contributed by atoms with E-state index in [9.17, 15) is 0 Å². The molecule has 1 aliphatic rings. The summed E-state index contributed by atoms with van der Waals surface area (Å²) in [6, 6.07) is 8.07. The van der Waals surface area contributed by atoms with E-state index in [4.69, 9.17) is 5.11 Å². The van der Waals surface area contributed by atoms with Gasteiger partial charge in [0.05, 0.1) is 6.26 Å². The molecule has 0 saturated heterocycles. The molecular formula is C11H10O. The molecule has 12 heavy (non-hydrogen) atoms. The maximum absolute atomic E-state index is 8.94. The summed E-state index contributed by atoms with van der Waals surface area (Å²) >= 11 is 0. The molecule has 2 rings (SSSR count). The quantitative estimate of drug-likeness (QED) is 0.575. The Labute approximate surface area is 71.7 Å². The van der Waals surface area contributed by atoms with Gasteiger partial charge in [-0.1, -0.05) is 36.4 Å². The Morgan fingerprint density at radius 1 is 1.25 bits per heavy atom. The minimum absolute atomic E-state index is 0.827. The van der Waals surface area contributed by atoms with Crippen LogP contribution in [0, 0.1) is 0 Å². The first-order chi connectivity index (χ1) is 5.92.